The second kappa shape index (κ2) is 4.46. The maximum Gasteiger partial charge on any atom is 0.240 e. The highest BCUT2D eigenvalue weighted by Crippen LogP contribution is 2.30. The Hall–Kier alpha value is -2.68. The van der Waals surface area contributed by atoms with E-state index in [0.717, 1.165) is 16.8 Å². The van der Waals surface area contributed by atoms with E-state index in [9.17, 15) is 14.9 Å². The Morgan fingerprint density at radius 1 is 1.35 bits per heavy atom. The molecule has 2 aliphatic heterocycles. The van der Waals surface area contributed by atoms with Gasteiger partial charge in [-0.3, -0.25) is 9.59 Å². The first-order chi connectivity index (χ1) is 9.58. The summed E-state index contributed by atoms with van der Waals surface area (Å²) in [6.45, 7) is 1.92. The third-order valence-electron chi connectivity index (χ3n) is 3.51. The second-order valence-corrected chi connectivity index (χ2v) is 5.03. The second-order valence-electron chi connectivity index (χ2n) is 5.03. The van der Waals surface area contributed by atoms with Crippen LogP contribution in [0.2, 0.25) is 0 Å². The summed E-state index contributed by atoms with van der Waals surface area (Å²) in [5.74, 6) is -0.237. The first-order valence-electron chi connectivity index (χ1n) is 6.32. The maximum absolute atomic E-state index is 11.5. The van der Waals surface area contributed by atoms with Crippen molar-refractivity contribution in [3.63, 3.8) is 0 Å². The molecule has 0 aromatic heterocycles. The van der Waals surface area contributed by atoms with E-state index in [4.69, 9.17) is 0 Å². The molecule has 100 valence electrons. The Morgan fingerprint density at radius 3 is 2.85 bits per heavy atom. The van der Waals surface area contributed by atoms with Crippen LogP contribution in [0.5, 0.6) is 0 Å². The molecule has 1 unspecified atom stereocenters. The third-order valence-corrected chi connectivity index (χ3v) is 3.51. The third kappa shape index (κ3) is 1.93. The molecule has 2 amide bonds. The number of nitrogens with one attached hydrogen (secondary N) is 2. The molecule has 2 aliphatic rings. The smallest absolute Gasteiger partial charge is 0.240 e. The van der Waals surface area contributed by atoms with Crippen molar-refractivity contribution in [3.8, 4) is 6.07 Å². The molecule has 1 atom stereocenters. The lowest BCUT2D eigenvalue weighted by atomic mass is 9.91. The Bertz CT molecular complexity index is 700. The number of hydrazone groups is 1. The van der Waals surface area contributed by atoms with Gasteiger partial charge in [0.25, 0.3) is 0 Å². The number of benzene rings is 1. The highest BCUT2D eigenvalue weighted by Gasteiger charge is 2.26. The minimum absolute atomic E-state index is 0.0154. The molecule has 6 nitrogen and oxygen atoms in total. The summed E-state index contributed by atoms with van der Waals surface area (Å²) in [6.07, 6.45) is 0.640. The average Bonchev–Trinajstić information content (AvgIpc) is 2.77. The number of nitrogens with zero attached hydrogens (tertiary/aromatic N) is 2. The van der Waals surface area contributed by atoms with Crippen LogP contribution in [0.3, 0.4) is 0 Å². The molecule has 2 heterocycles. The molecule has 0 fully saturated rings. The fourth-order valence-electron chi connectivity index (χ4n) is 2.58. The number of anilines is 1. The Kier molecular flexibility index (Phi) is 2.75. The topological polar surface area (TPSA) is 94.3 Å². The van der Waals surface area contributed by atoms with Gasteiger partial charge in [0.2, 0.25) is 11.8 Å². The minimum Gasteiger partial charge on any atom is -0.324 e. The number of carbonyl (C=O) groups excluding carboxylic acids is 2. The fourth-order valence-corrected chi connectivity index (χ4v) is 2.58. The van der Waals surface area contributed by atoms with Gasteiger partial charge in [-0.15, -0.1) is 0 Å². The summed E-state index contributed by atoms with van der Waals surface area (Å²) >= 11 is 0. The van der Waals surface area contributed by atoms with Crippen molar-refractivity contribution in [2.45, 2.75) is 19.8 Å². The van der Waals surface area contributed by atoms with Gasteiger partial charge in [-0.2, -0.15) is 10.4 Å². The Morgan fingerprint density at radius 2 is 2.15 bits per heavy atom. The highest BCUT2D eigenvalue weighted by atomic mass is 16.2. The first kappa shape index (κ1) is 12.4. The molecule has 0 bridgehead atoms. The number of amides is 2. The number of fused-ring (bicyclic) bond motifs is 1. The van der Waals surface area contributed by atoms with E-state index >= 15 is 0 Å². The largest absolute Gasteiger partial charge is 0.324 e. The van der Waals surface area contributed by atoms with Crippen molar-refractivity contribution in [1.29, 1.82) is 5.26 Å². The van der Waals surface area contributed by atoms with E-state index in [-0.39, 0.29) is 24.2 Å². The molecule has 0 saturated carbocycles. The van der Waals surface area contributed by atoms with Crippen molar-refractivity contribution in [3.05, 3.63) is 28.8 Å². The molecule has 20 heavy (non-hydrogen) atoms. The van der Waals surface area contributed by atoms with E-state index in [0.29, 0.717) is 17.7 Å². The summed E-state index contributed by atoms with van der Waals surface area (Å²) in [5.41, 5.74) is 5.80. The Labute approximate surface area is 115 Å². The summed E-state index contributed by atoms with van der Waals surface area (Å²) in [4.78, 5) is 22.7. The molecule has 0 radical (unpaired) electrons. The first-order valence-corrected chi connectivity index (χ1v) is 6.32. The van der Waals surface area contributed by atoms with Crippen LogP contribution >= 0.6 is 0 Å². The monoisotopic (exact) mass is 268 g/mol. The quantitative estimate of drug-likeness (QED) is 0.792. The Balaban J connectivity index is 2.09. The summed E-state index contributed by atoms with van der Waals surface area (Å²) in [7, 11) is 0. The van der Waals surface area contributed by atoms with Crippen molar-refractivity contribution >= 4 is 23.2 Å². The molecule has 0 aliphatic carbocycles. The predicted molar refractivity (Wildman–Crippen MR) is 72.0 cm³/mol. The molecule has 2 N–H and O–H groups in total. The van der Waals surface area contributed by atoms with E-state index in [1.165, 1.54) is 0 Å². The number of rotatable bonds is 1. The zero-order valence-electron chi connectivity index (χ0n) is 10.9. The standard InChI is InChI=1S/C14H12N4O2/c1-7-2-12(20)17-18-13(7)8-3-9-5-11(19)16-14(9)10(4-8)6-15/h3-4,7H,2,5H2,1H3,(H,16,19)(H,17,20). The molecule has 1 aromatic rings. The normalized spacial score (nSPS) is 20.6. The zero-order chi connectivity index (χ0) is 14.3. The van der Waals surface area contributed by atoms with Gasteiger partial charge in [-0.1, -0.05) is 6.92 Å². The van der Waals surface area contributed by atoms with Crippen LogP contribution in [0, 0.1) is 17.2 Å². The van der Waals surface area contributed by atoms with Gasteiger partial charge in [0.1, 0.15) is 6.07 Å². The zero-order valence-corrected chi connectivity index (χ0v) is 10.9. The van der Waals surface area contributed by atoms with Crippen molar-refractivity contribution in [1.82, 2.24) is 5.43 Å². The van der Waals surface area contributed by atoms with Gasteiger partial charge in [0.15, 0.2) is 0 Å². The predicted octanol–water partition coefficient (Wildman–Crippen LogP) is 0.913. The molecule has 0 spiro atoms. The number of hydrogen-bond acceptors (Lipinski definition) is 4. The van der Waals surface area contributed by atoms with Gasteiger partial charge < -0.3 is 5.32 Å². The van der Waals surface area contributed by atoms with Crippen LogP contribution in [-0.2, 0) is 16.0 Å². The van der Waals surface area contributed by atoms with Crippen molar-refractivity contribution in [2.24, 2.45) is 11.0 Å². The lowest BCUT2D eigenvalue weighted by Gasteiger charge is -2.19. The lowest BCUT2D eigenvalue weighted by molar-refractivity contribution is -0.122. The van der Waals surface area contributed by atoms with Gasteiger partial charge in [0.05, 0.1) is 23.4 Å². The van der Waals surface area contributed by atoms with Crippen molar-refractivity contribution in [2.75, 3.05) is 5.32 Å². The number of carbonyl (C=O) groups is 2. The average molecular weight is 268 g/mol. The van der Waals surface area contributed by atoms with Crippen LogP contribution in [0.4, 0.5) is 5.69 Å². The summed E-state index contributed by atoms with van der Waals surface area (Å²) in [6, 6.07) is 5.66. The summed E-state index contributed by atoms with van der Waals surface area (Å²) < 4.78 is 0. The maximum atomic E-state index is 11.5. The fraction of sp³-hybridized carbons (Fsp3) is 0.286. The molecule has 6 heteroatoms. The van der Waals surface area contributed by atoms with Crippen LogP contribution in [-0.4, -0.2) is 17.5 Å². The SMILES string of the molecule is CC1CC(=O)NN=C1c1cc(C#N)c2c(c1)CC(=O)N2. The van der Waals surface area contributed by atoms with Crippen LogP contribution < -0.4 is 10.7 Å². The van der Waals surface area contributed by atoms with Crippen molar-refractivity contribution < 1.29 is 9.59 Å². The summed E-state index contributed by atoms with van der Waals surface area (Å²) in [5, 5.41) is 16.0. The van der Waals surface area contributed by atoms with Gasteiger partial charge in [-0.05, 0) is 23.3 Å². The lowest BCUT2D eigenvalue weighted by Crippen LogP contribution is -2.32. The van der Waals surface area contributed by atoms with Gasteiger partial charge >= 0.3 is 0 Å². The van der Waals surface area contributed by atoms with E-state index < -0.39 is 0 Å². The van der Waals surface area contributed by atoms with Gasteiger partial charge in [0, 0.05) is 12.3 Å². The van der Waals surface area contributed by atoms with E-state index in [1.807, 2.05) is 13.0 Å². The minimum atomic E-state index is -0.111. The molecule has 3 rings (SSSR count). The van der Waals surface area contributed by atoms with E-state index in [2.05, 4.69) is 21.9 Å². The molecule has 1 aromatic carbocycles. The number of nitriles is 1. The molecular weight excluding hydrogens is 256 g/mol. The molecule has 0 saturated heterocycles. The van der Waals surface area contributed by atoms with E-state index in [1.54, 1.807) is 6.07 Å². The molecular formula is C14H12N4O2. The highest BCUT2D eigenvalue weighted by molar-refractivity contribution is 6.08. The van der Waals surface area contributed by atoms with Crippen LogP contribution in [0.1, 0.15) is 30.0 Å². The van der Waals surface area contributed by atoms with Gasteiger partial charge in [-0.25, -0.2) is 5.43 Å². The van der Waals surface area contributed by atoms with Crippen LogP contribution in [0.15, 0.2) is 17.2 Å². The number of hydrogen-bond donors (Lipinski definition) is 2. The van der Waals surface area contributed by atoms with Crippen LogP contribution in [0.25, 0.3) is 0 Å².